The molecule has 2 aromatic rings. The number of pyridine rings is 1. The molecule has 160 valence electrons. The van der Waals surface area contributed by atoms with E-state index in [1.165, 1.54) is 6.20 Å². The SMILES string of the molecule is CCO/N=C1\CN(c2cc3c(cc2F)c(=O)c(C(=O)O)cn3C2CC2)CCC1(C)N. The Hall–Kier alpha value is -2.94. The highest BCUT2D eigenvalue weighted by Crippen LogP contribution is 2.38. The Morgan fingerprint density at radius 3 is 2.80 bits per heavy atom. The van der Waals surface area contributed by atoms with Gasteiger partial charge in [-0.25, -0.2) is 9.18 Å². The first-order chi connectivity index (χ1) is 14.2. The second-order valence-electron chi connectivity index (χ2n) is 8.18. The van der Waals surface area contributed by atoms with Gasteiger partial charge in [0, 0.05) is 24.2 Å². The summed E-state index contributed by atoms with van der Waals surface area (Å²) in [6.07, 6.45) is 3.72. The Bertz CT molecular complexity index is 1100. The topological polar surface area (TPSA) is 110 Å². The summed E-state index contributed by atoms with van der Waals surface area (Å²) < 4.78 is 16.9. The Balaban J connectivity index is 1.82. The number of rotatable bonds is 5. The van der Waals surface area contributed by atoms with Gasteiger partial charge in [-0.05, 0) is 45.2 Å². The van der Waals surface area contributed by atoms with Crippen molar-refractivity contribution < 1.29 is 19.1 Å². The standard InChI is InChI=1S/C21H25FN4O4/c1-3-30-24-18-11-25(7-6-21(18,2)23)17-9-16-13(8-15(17)22)19(27)14(20(28)29)10-26(16)12-4-5-12/h8-10,12H,3-7,11,23H2,1-2H3,(H,28,29)/b24-18+. The minimum atomic E-state index is -1.31. The first kappa shape index (κ1) is 20.3. The van der Waals surface area contributed by atoms with Gasteiger partial charge in [0.2, 0.25) is 5.43 Å². The van der Waals surface area contributed by atoms with E-state index in [0.29, 0.717) is 43.0 Å². The minimum Gasteiger partial charge on any atom is -0.477 e. The number of carbonyl (C=O) groups is 1. The van der Waals surface area contributed by atoms with Crippen LogP contribution in [0.2, 0.25) is 0 Å². The largest absolute Gasteiger partial charge is 0.477 e. The molecule has 1 saturated carbocycles. The van der Waals surface area contributed by atoms with Gasteiger partial charge in [0.05, 0.1) is 29.0 Å². The average Bonchev–Trinajstić information content (AvgIpc) is 3.52. The van der Waals surface area contributed by atoms with Gasteiger partial charge >= 0.3 is 5.97 Å². The predicted molar refractivity (Wildman–Crippen MR) is 112 cm³/mol. The van der Waals surface area contributed by atoms with Crippen molar-refractivity contribution in [3.8, 4) is 0 Å². The van der Waals surface area contributed by atoms with E-state index in [4.69, 9.17) is 10.6 Å². The molecule has 1 saturated heterocycles. The number of hydrogen-bond donors (Lipinski definition) is 2. The minimum absolute atomic E-state index is 0.0759. The van der Waals surface area contributed by atoms with E-state index in [-0.39, 0.29) is 17.0 Å². The molecule has 0 radical (unpaired) electrons. The van der Waals surface area contributed by atoms with Gasteiger partial charge in [0.25, 0.3) is 0 Å². The van der Waals surface area contributed by atoms with Crippen molar-refractivity contribution in [2.75, 3.05) is 24.6 Å². The Labute approximate surface area is 172 Å². The van der Waals surface area contributed by atoms with Crippen LogP contribution < -0.4 is 16.1 Å². The predicted octanol–water partition coefficient (Wildman–Crippen LogP) is 2.49. The van der Waals surface area contributed by atoms with Gasteiger partial charge in [-0.3, -0.25) is 4.79 Å². The molecule has 1 unspecified atom stereocenters. The maximum atomic E-state index is 15.1. The fourth-order valence-electron chi connectivity index (χ4n) is 3.84. The molecule has 1 aliphatic carbocycles. The molecule has 2 fully saturated rings. The Morgan fingerprint density at radius 1 is 1.43 bits per heavy atom. The lowest BCUT2D eigenvalue weighted by Crippen LogP contribution is -2.56. The van der Waals surface area contributed by atoms with Gasteiger partial charge in [-0.1, -0.05) is 5.16 Å². The van der Waals surface area contributed by atoms with Crippen LogP contribution >= 0.6 is 0 Å². The van der Waals surface area contributed by atoms with Crippen LogP contribution in [0.1, 0.15) is 49.5 Å². The molecule has 4 rings (SSSR count). The zero-order chi connectivity index (χ0) is 21.6. The highest BCUT2D eigenvalue weighted by molar-refractivity contribution is 5.98. The third-order valence-electron chi connectivity index (χ3n) is 5.82. The maximum absolute atomic E-state index is 15.1. The van der Waals surface area contributed by atoms with Crippen molar-refractivity contribution in [2.24, 2.45) is 10.9 Å². The fraction of sp³-hybridized carbons (Fsp3) is 0.476. The summed E-state index contributed by atoms with van der Waals surface area (Å²) in [5.74, 6) is -1.89. The molecular formula is C21H25FN4O4. The van der Waals surface area contributed by atoms with Crippen LogP contribution in [0.3, 0.4) is 0 Å². The summed E-state index contributed by atoms with van der Waals surface area (Å²) >= 11 is 0. The first-order valence-electron chi connectivity index (χ1n) is 10.1. The number of aromatic carboxylic acids is 1. The highest BCUT2D eigenvalue weighted by atomic mass is 19.1. The van der Waals surface area contributed by atoms with Crippen molar-refractivity contribution in [1.82, 2.24) is 4.57 Å². The van der Waals surface area contributed by atoms with Crippen LogP contribution in [0.25, 0.3) is 10.9 Å². The second kappa shape index (κ2) is 7.39. The number of oxime groups is 1. The highest BCUT2D eigenvalue weighted by Gasteiger charge is 2.35. The van der Waals surface area contributed by atoms with Crippen molar-refractivity contribution in [2.45, 2.75) is 44.7 Å². The zero-order valence-corrected chi connectivity index (χ0v) is 17.0. The summed E-state index contributed by atoms with van der Waals surface area (Å²) in [5, 5.41) is 13.6. The van der Waals surface area contributed by atoms with Crippen LogP contribution in [0.15, 0.2) is 28.3 Å². The average molecular weight is 416 g/mol. The number of carboxylic acid groups (broad SMARTS) is 1. The molecule has 3 N–H and O–H groups in total. The van der Waals surface area contributed by atoms with E-state index in [0.717, 1.165) is 18.9 Å². The molecule has 1 aliphatic heterocycles. The summed E-state index contributed by atoms with van der Waals surface area (Å²) in [7, 11) is 0. The monoisotopic (exact) mass is 416 g/mol. The molecule has 1 aromatic carbocycles. The normalized spacial score (nSPS) is 23.2. The molecule has 9 heteroatoms. The van der Waals surface area contributed by atoms with E-state index in [1.54, 1.807) is 10.6 Å². The van der Waals surface area contributed by atoms with Crippen LogP contribution in [-0.2, 0) is 4.84 Å². The summed E-state index contributed by atoms with van der Waals surface area (Å²) in [5.41, 5.74) is 6.16. The molecule has 0 spiro atoms. The van der Waals surface area contributed by atoms with Gasteiger partial charge in [0.15, 0.2) is 0 Å². The van der Waals surface area contributed by atoms with Crippen molar-refractivity contribution in [1.29, 1.82) is 0 Å². The molecule has 0 amide bonds. The third-order valence-corrected chi connectivity index (χ3v) is 5.82. The zero-order valence-electron chi connectivity index (χ0n) is 17.0. The number of nitrogens with two attached hydrogens (primary N) is 1. The maximum Gasteiger partial charge on any atom is 0.341 e. The number of benzene rings is 1. The van der Waals surface area contributed by atoms with Crippen LogP contribution in [0.4, 0.5) is 10.1 Å². The number of carboxylic acids is 1. The van der Waals surface area contributed by atoms with Crippen LogP contribution in [0, 0.1) is 5.82 Å². The lowest BCUT2D eigenvalue weighted by atomic mass is 9.88. The van der Waals surface area contributed by atoms with E-state index < -0.39 is 22.8 Å². The molecule has 30 heavy (non-hydrogen) atoms. The van der Waals surface area contributed by atoms with Gasteiger partial charge in [-0.15, -0.1) is 0 Å². The summed E-state index contributed by atoms with van der Waals surface area (Å²) in [6.45, 7) is 4.92. The number of halogens is 1. The summed E-state index contributed by atoms with van der Waals surface area (Å²) in [6, 6.07) is 2.90. The molecular weight excluding hydrogens is 391 g/mol. The molecule has 2 heterocycles. The molecule has 1 aromatic heterocycles. The van der Waals surface area contributed by atoms with Crippen molar-refractivity contribution in [3.05, 3.63) is 39.9 Å². The summed E-state index contributed by atoms with van der Waals surface area (Å²) in [4.78, 5) is 31.1. The number of nitrogens with zero attached hydrogens (tertiary/aromatic N) is 3. The Kier molecular flexibility index (Phi) is 5.01. The number of aromatic nitrogens is 1. The lowest BCUT2D eigenvalue weighted by Gasteiger charge is -2.39. The van der Waals surface area contributed by atoms with E-state index in [2.05, 4.69) is 5.16 Å². The number of anilines is 1. The van der Waals surface area contributed by atoms with E-state index in [1.807, 2.05) is 18.7 Å². The number of fused-ring (bicyclic) bond motifs is 1. The van der Waals surface area contributed by atoms with E-state index >= 15 is 4.39 Å². The van der Waals surface area contributed by atoms with Crippen molar-refractivity contribution in [3.63, 3.8) is 0 Å². The lowest BCUT2D eigenvalue weighted by molar-refractivity contribution is 0.0695. The fourth-order valence-corrected chi connectivity index (χ4v) is 3.84. The van der Waals surface area contributed by atoms with Crippen LogP contribution in [0.5, 0.6) is 0 Å². The number of hydrogen-bond acceptors (Lipinski definition) is 6. The second-order valence-corrected chi connectivity index (χ2v) is 8.18. The van der Waals surface area contributed by atoms with E-state index in [9.17, 15) is 14.7 Å². The van der Waals surface area contributed by atoms with Gasteiger partial charge in [0.1, 0.15) is 18.0 Å². The number of piperidine rings is 1. The first-order valence-corrected chi connectivity index (χ1v) is 10.1. The molecule has 8 nitrogen and oxygen atoms in total. The van der Waals surface area contributed by atoms with Crippen LogP contribution in [-0.4, -0.2) is 46.6 Å². The van der Waals surface area contributed by atoms with Gasteiger partial charge < -0.3 is 25.1 Å². The molecule has 0 bridgehead atoms. The Morgan fingerprint density at radius 2 is 2.17 bits per heavy atom. The smallest absolute Gasteiger partial charge is 0.341 e. The molecule has 1 atom stereocenters. The third kappa shape index (κ3) is 3.54. The van der Waals surface area contributed by atoms with Gasteiger partial charge in [-0.2, -0.15) is 0 Å². The van der Waals surface area contributed by atoms with Crippen molar-refractivity contribution >= 4 is 28.3 Å². The quantitative estimate of drug-likeness (QED) is 0.725. The molecule has 2 aliphatic rings.